The van der Waals surface area contributed by atoms with Gasteiger partial charge in [-0.15, -0.1) is 0 Å². The van der Waals surface area contributed by atoms with E-state index in [9.17, 15) is 4.79 Å². The Morgan fingerprint density at radius 1 is 1.00 bits per heavy atom. The molecule has 0 saturated heterocycles. The maximum absolute atomic E-state index is 12.1. The molecule has 5 rings (SSSR count). The summed E-state index contributed by atoms with van der Waals surface area (Å²) in [5, 5.41) is 15.7. The summed E-state index contributed by atoms with van der Waals surface area (Å²) >= 11 is 0. The van der Waals surface area contributed by atoms with Gasteiger partial charge in [-0.3, -0.25) is 15.0 Å². The maximum atomic E-state index is 12.1. The topological polar surface area (TPSA) is 152 Å². The Hall–Kier alpha value is -4.27. The van der Waals surface area contributed by atoms with E-state index in [2.05, 4.69) is 25.4 Å². The van der Waals surface area contributed by atoms with Gasteiger partial charge in [0.05, 0.1) is 34.8 Å². The molecule has 9 heteroatoms. The normalized spacial score (nSPS) is 11.3. The third-order valence-electron chi connectivity index (χ3n) is 4.95. The van der Waals surface area contributed by atoms with Crippen LogP contribution in [0.25, 0.3) is 44.5 Å². The van der Waals surface area contributed by atoms with Crippen LogP contribution in [0.5, 0.6) is 0 Å². The van der Waals surface area contributed by atoms with Crippen LogP contribution in [-0.2, 0) is 0 Å². The number of nitrogens with one attached hydrogen (secondary N) is 2. The summed E-state index contributed by atoms with van der Waals surface area (Å²) in [6.07, 6.45) is 3.42. The molecular weight excluding hydrogens is 368 g/mol. The lowest BCUT2D eigenvalue weighted by molar-refractivity contribution is 0.0996. The second-order valence-electron chi connectivity index (χ2n) is 6.78. The second kappa shape index (κ2) is 6.13. The number of benzene rings is 2. The van der Waals surface area contributed by atoms with Gasteiger partial charge in [0, 0.05) is 21.9 Å². The number of nitrogens with zero attached hydrogens (tertiary/aromatic N) is 4. The van der Waals surface area contributed by atoms with E-state index in [0.29, 0.717) is 11.5 Å². The minimum absolute atomic E-state index is 0.0165. The molecule has 6 N–H and O–H groups in total. The summed E-state index contributed by atoms with van der Waals surface area (Å²) in [7, 11) is 0. The predicted molar refractivity (Wildman–Crippen MR) is 110 cm³/mol. The highest BCUT2D eigenvalue weighted by atomic mass is 16.1. The molecule has 1 amide bonds. The van der Waals surface area contributed by atoms with Crippen molar-refractivity contribution in [2.75, 3.05) is 5.73 Å². The van der Waals surface area contributed by atoms with Gasteiger partial charge < -0.3 is 11.5 Å². The van der Waals surface area contributed by atoms with E-state index in [1.165, 1.54) is 0 Å². The van der Waals surface area contributed by atoms with Gasteiger partial charge in [0.2, 0.25) is 0 Å². The van der Waals surface area contributed by atoms with Gasteiger partial charge >= 0.3 is 0 Å². The van der Waals surface area contributed by atoms with Crippen LogP contribution in [0.2, 0.25) is 0 Å². The molecule has 0 aliphatic heterocycles. The van der Waals surface area contributed by atoms with Crippen LogP contribution in [0.1, 0.15) is 16.1 Å². The number of aromatic nitrogens is 6. The first-order valence-corrected chi connectivity index (χ1v) is 8.87. The largest absolute Gasteiger partial charge is 0.395 e. The van der Waals surface area contributed by atoms with E-state index < -0.39 is 5.91 Å². The zero-order chi connectivity index (χ0) is 20.1. The van der Waals surface area contributed by atoms with Crippen molar-refractivity contribution >= 4 is 33.4 Å². The number of fused-ring (bicyclic) bond motifs is 2. The minimum Gasteiger partial charge on any atom is -0.395 e. The summed E-state index contributed by atoms with van der Waals surface area (Å²) in [5.41, 5.74) is 16.6. The van der Waals surface area contributed by atoms with Crippen molar-refractivity contribution in [3.05, 3.63) is 54.0 Å². The number of H-pyrrole nitrogens is 2. The van der Waals surface area contributed by atoms with Crippen LogP contribution in [0.15, 0.2) is 42.7 Å². The first-order chi connectivity index (χ1) is 14.0. The number of amides is 1. The number of hydrogen-bond donors (Lipinski definition) is 4. The third-order valence-corrected chi connectivity index (χ3v) is 4.95. The van der Waals surface area contributed by atoms with E-state index in [-0.39, 0.29) is 11.4 Å². The average molecular weight is 384 g/mol. The van der Waals surface area contributed by atoms with Gasteiger partial charge in [-0.05, 0) is 36.8 Å². The molecule has 3 aromatic heterocycles. The van der Waals surface area contributed by atoms with Gasteiger partial charge in [0.1, 0.15) is 0 Å². The van der Waals surface area contributed by atoms with Crippen LogP contribution in [0, 0.1) is 6.92 Å². The van der Waals surface area contributed by atoms with Gasteiger partial charge in [-0.2, -0.15) is 10.2 Å². The molecule has 0 fully saturated rings. The van der Waals surface area contributed by atoms with E-state index in [1.54, 1.807) is 12.4 Å². The summed E-state index contributed by atoms with van der Waals surface area (Å²) in [6, 6.07) is 9.50. The monoisotopic (exact) mass is 384 g/mol. The van der Waals surface area contributed by atoms with Crippen molar-refractivity contribution in [2.45, 2.75) is 6.92 Å². The standard InChI is InChI=1S/C20H16N8O/c1-9-2-4-14-12(8-24-28-14)15(9)17-16(21)18(19(22)29)26-20(25-17)10-3-5-13-11(6-10)7-23-27-13/h2-8H,21H2,1H3,(H2,22,29)(H,23,27)(H,24,28). The molecule has 0 atom stereocenters. The van der Waals surface area contributed by atoms with Crippen LogP contribution in [0.4, 0.5) is 5.69 Å². The fourth-order valence-corrected chi connectivity index (χ4v) is 3.50. The van der Waals surface area contributed by atoms with E-state index in [0.717, 1.165) is 38.5 Å². The van der Waals surface area contributed by atoms with Crippen LogP contribution < -0.4 is 11.5 Å². The van der Waals surface area contributed by atoms with E-state index >= 15 is 0 Å². The Morgan fingerprint density at radius 3 is 2.59 bits per heavy atom. The van der Waals surface area contributed by atoms with Crippen molar-refractivity contribution in [2.24, 2.45) is 5.73 Å². The Morgan fingerprint density at radius 2 is 1.76 bits per heavy atom. The zero-order valence-corrected chi connectivity index (χ0v) is 15.4. The number of aryl methyl sites for hydroxylation is 1. The lowest BCUT2D eigenvalue weighted by atomic mass is 9.99. The van der Waals surface area contributed by atoms with Crippen molar-refractivity contribution < 1.29 is 4.79 Å². The highest BCUT2D eigenvalue weighted by molar-refractivity contribution is 6.04. The summed E-state index contributed by atoms with van der Waals surface area (Å²) in [6.45, 7) is 1.95. The first-order valence-electron chi connectivity index (χ1n) is 8.87. The molecule has 0 spiro atoms. The molecule has 2 aromatic carbocycles. The fraction of sp³-hybridized carbons (Fsp3) is 0.0500. The lowest BCUT2D eigenvalue weighted by Gasteiger charge is -2.13. The first kappa shape index (κ1) is 16.9. The molecule has 142 valence electrons. The summed E-state index contributed by atoms with van der Waals surface area (Å²) < 4.78 is 0. The molecule has 0 bridgehead atoms. The number of nitrogens with two attached hydrogens (primary N) is 2. The SMILES string of the molecule is Cc1ccc2[nH]ncc2c1-c1nc(-c2ccc3[nH]ncc3c2)nc(C(N)=O)c1N. The van der Waals surface area contributed by atoms with Crippen molar-refractivity contribution in [1.29, 1.82) is 0 Å². The number of anilines is 1. The van der Waals surface area contributed by atoms with E-state index in [1.807, 2.05) is 37.3 Å². The summed E-state index contributed by atoms with van der Waals surface area (Å²) in [5.74, 6) is -0.361. The molecule has 0 aliphatic carbocycles. The average Bonchev–Trinajstić information content (AvgIpc) is 3.36. The number of primary amides is 1. The van der Waals surface area contributed by atoms with Crippen LogP contribution >= 0.6 is 0 Å². The van der Waals surface area contributed by atoms with Gasteiger partial charge in [-0.25, -0.2) is 9.97 Å². The number of carbonyl (C=O) groups is 1. The molecule has 9 nitrogen and oxygen atoms in total. The number of nitrogen functional groups attached to an aromatic ring is 1. The number of rotatable bonds is 3. The molecule has 29 heavy (non-hydrogen) atoms. The number of aromatic amines is 2. The quantitative estimate of drug-likeness (QED) is 0.375. The second-order valence-corrected chi connectivity index (χ2v) is 6.78. The lowest BCUT2D eigenvalue weighted by Crippen LogP contribution is -2.18. The van der Waals surface area contributed by atoms with Gasteiger partial charge in [0.15, 0.2) is 11.5 Å². The van der Waals surface area contributed by atoms with Gasteiger partial charge in [0.25, 0.3) is 5.91 Å². The maximum Gasteiger partial charge on any atom is 0.269 e. The predicted octanol–water partition coefficient (Wildman–Crippen LogP) is 2.55. The highest BCUT2D eigenvalue weighted by Crippen LogP contribution is 2.36. The van der Waals surface area contributed by atoms with Crippen molar-refractivity contribution in [3.63, 3.8) is 0 Å². The van der Waals surface area contributed by atoms with Gasteiger partial charge in [-0.1, -0.05) is 6.07 Å². The van der Waals surface area contributed by atoms with Crippen molar-refractivity contribution in [3.8, 4) is 22.6 Å². The Balaban J connectivity index is 1.82. The van der Waals surface area contributed by atoms with Crippen LogP contribution in [0.3, 0.4) is 0 Å². The summed E-state index contributed by atoms with van der Waals surface area (Å²) in [4.78, 5) is 21.2. The highest BCUT2D eigenvalue weighted by Gasteiger charge is 2.21. The third kappa shape index (κ3) is 2.59. The zero-order valence-electron chi connectivity index (χ0n) is 15.4. The smallest absolute Gasteiger partial charge is 0.269 e. The molecule has 0 aliphatic rings. The van der Waals surface area contributed by atoms with Crippen LogP contribution in [-0.4, -0.2) is 36.3 Å². The molecular formula is C20H16N8O. The molecule has 0 saturated carbocycles. The molecule has 3 heterocycles. The molecule has 0 radical (unpaired) electrons. The molecule has 5 aromatic rings. The fourth-order valence-electron chi connectivity index (χ4n) is 3.50. The number of hydrogen-bond acceptors (Lipinski definition) is 6. The van der Waals surface area contributed by atoms with E-state index in [4.69, 9.17) is 16.5 Å². The number of carbonyl (C=O) groups excluding carboxylic acids is 1. The Kier molecular flexibility index (Phi) is 3.56. The van der Waals surface area contributed by atoms with Crippen molar-refractivity contribution in [1.82, 2.24) is 30.4 Å². The molecule has 0 unspecified atom stereocenters. The minimum atomic E-state index is -0.714. The Labute approximate surface area is 164 Å². The Bertz CT molecular complexity index is 1420.